The topological polar surface area (TPSA) is 51.6 Å². The van der Waals surface area contributed by atoms with E-state index in [1.54, 1.807) is 6.26 Å². The standard InChI is InChI=1S/C14H24N2O2/c1-11(15)14(13-4-3-8-18-13)16(2)7-9-17-10-12-5-6-12/h3-4,8,11-12,14H,5-7,9-10,15H2,1-2H3. The maximum absolute atomic E-state index is 6.05. The zero-order chi connectivity index (χ0) is 13.0. The van der Waals surface area contributed by atoms with Crippen molar-refractivity contribution in [3.05, 3.63) is 24.2 Å². The lowest BCUT2D eigenvalue weighted by molar-refractivity contribution is 0.0831. The normalized spacial score (nSPS) is 19.1. The monoisotopic (exact) mass is 252 g/mol. The molecule has 4 nitrogen and oxygen atoms in total. The van der Waals surface area contributed by atoms with E-state index in [0.29, 0.717) is 0 Å². The molecule has 0 saturated heterocycles. The number of nitrogens with zero attached hydrogens (tertiary/aromatic N) is 1. The van der Waals surface area contributed by atoms with Gasteiger partial charge in [0.1, 0.15) is 5.76 Å². The van der Waals surface area contributed by atoms with Gasteiger partial charge in [-0.25, -0.2) is 0 Å². The van der Waals surface area contributed by atoms with Crippen LogP contribution < -0.4 is 5.73 Å². The first-order valence-corrected chi connectivity index (χ1v) is 6.75. The quantitative estimate of drug-likeness (QED) is 0.719. The molecule has 1 aliphatic rings. The summed E-state index contributed by atoms with van der Waals surface area (Å²) in [7, 11) is 2.07. The SMILES string of the molecule is CC(N)C(c1ccco1)N(C)CCOCC1CC1. The molecule has 2 atom stereocenters. The summed E-state index contributed by atoms with van der Waals surface area (Å²) in [5.41, 5.74) is 6.05. The molecule has 0 aliphatic heterocycles. The molecule has 1 aliphatic carbocycles. The van der Waals surface area contributed by atoms with Crippen molar-refractivity contribution < 1.29 is 9.15 Å². The van der Waals surface area contributed by atoms with Crippen molar-refractivity contribution in [3.63, 3.8) is 0 Å². The molecular weight excluding hydrogens is 228 g/mol. The van der Waals surface area contributed by atoms with Crippen LogP contribution in [0.3, 0.4) is 0 Å². The summed E-state index contributed by atoms with van der Waals surface area (Å²) in [6.07, 6.45) is 4.37. The van der Waals surface area contributed by atoms with Gasteiger partial charge >= 0.3 is 0 Å². The van der Waals surface area contributed by atoms with Gasteiger partial charge in [-0.2, -0.15) is 0 Å². The lowest BCUT2D eigenvalue weighted by Crippen LogP contribution is -2.38. The zero-order valence-electron chi connectivity index (χ0n) is 11.3. The fourth-order valence-electron chi connectivity index (χ4n) is 2.22. The van der Waals surface area contributed by atoms with Crippen molar-refractivity contribution in [1.82, 2.24) is 4.90 Å². The first-order valence-electron chi connectivity index (χ1n) is 6.75. The third kappa shape index (κ3) is 3.83. The van der Waals surface area contributed by atoms with Crippen LogP contribution in [0.4, 0.5) is 0 Å². The van der Waals surface area contributed by atoms with Gasteiger partial charge in [0.15, 0.2) is 0 Å². The second-order valence-corrected chi connectivity index (χ2v) is 5.32. The van der Waals surface area contributed by atoms with Gasteiger partial charge in [-0.1, -0.05) is 0 Å². The minimum atomic E-state index is 0.0320. The van der Waals surface area contributed by atoms with Gasteiger partial charge in [0.25, 0.3) is 0 Å². The highest BCUT2D eigenvalue weighted by molar-refractivity contribution is 5.07. The van der Waals surface area contributed by atoms with Gasteiger partial charge < -0.3 is 14.9 Å². The van der Waals surface area contributed by atoms with Gasteiger partial charge in [0.05, 0.1) is 18.9 Å². The van der Waals surface area contributed by atoms with Crippen LogP contribution in [-0.4, -0.2) is 37.7 Å². The van der Waals surface area contributed by atoms with E-state index in [1.807, 2.05) is 19.1 Å². The van der Waals surface area contributed by atoms with Gasteiger partial charge in [-0.05, 0) is 44.9 Å². The number of nitrogens with two attached hydrogens (primary N) is 1. The molecule has 1 aromatic rings. The smallest absolute Gasteiger partial charge is 0.122 e. The number of hydrogen-bond acceptors (Lipinski definition) is 4. The van der Waals surface area contributed by atoms with Crippen LogP contribution in [0.1, 0.15) is 31.6 Å². The lowest BCUT2D eigenvalue weighted by Gasteiger charge is -2.29. The Bertz CT molecular complexity index is 334. The zero-order valence-corrected chi connectivity index (χ0v) is 11.3. The Labute approximate surface area is 109 Å². The van der Waals surface area contributed by atoms with Gasteiger partial charge in [-0.3, -0.25) is 4.90 Å². The Kier molecular flexibility index (Phi) is 4.80. The van der Waals surface area contributed by atoms with E-state index in [1.165, 1.54) is 12.8 Å². The Hall–Kier alpha value is -0.840. The van der Waals surface area contributed by atoms with Crippen LogP contribution in [0, 0.1) is 5.92 Å². The Morgan fingerprint density at radius 1 is 1.56 bits per heavy atom. The van der Waals surface area contributed by atoms with E-state index in [2.05, 4.69) is 11.9 Å². The average molecular weight is 252 g/mol. The van der Waals surface area contributed by atoms with Crippen molar-refractivity contribution in [2.75, 3.05) is 26.8 Å². The fraction of sp³-hybridized carbons (Fsp3) is 0.714. The number of ether oxygens (including phenoxy) is 1. The summed E-state index contributed by atoms with van der Waals surface area (Å²) >= 11 is 0. The minimum Gasteiger partial charge on any atom is -0.468 e. The first kappa shape index (κ1) is 13.6. The van der Waals surface area contributed by atoms with E-state index in [0.717, 1.165) is 31.4 Å². The van der Waals surface area contributed by atoms with Crippen molar-refractivity contribution in [2.45, 2.75) is 31.8 Å². The summed E-state index contributed by atoms with van der Waals surface area (Å²) in [5.74, 6) is 1.75. The maximum atomic E-state index is 6.05. The summed E-state index contributed by atoms with van der Waals surface area (Å²) in [6.45, 7) is 4.56. The molecule has 0 aromatic carbocycles. The highest BCUT2D eigenvalue weighted by atomic mass is 16.5. The largest absolute Gasteiger partial charge is 0.468 e. The Morgan fingerprint density at radius 2 is 2.33 bits per heavy atom. The van der Waals surface area contributed by atoms with Crippen LogP contribution >= 0.6 is 0 Å². The lowest BCUT2D eigenvalue weighted by atomic mass is 10.1. The predicted octanol–water partition coefficient (Wildman–Crippen LogP) is 2.03. The molecule has 2 rings (SSSR count). The van der Waals surface area contributed by atoms with Crippen LogP contribution in [0.25, 0.3) is 0 Å². The van der Waals surface area contributed by atoms with E-state index in [-0.39, 0.29) is 12.1 Å². The fourth-order valence-corrected chi connectivity index (χ4v) is 2.22. The van der Waals surface area contributed by atoms with Crippen LogP contribution in [0.5, 0.6) is 0 Å². The summed E-state index contributed by atoms with van der Waals surface area (Å²) in [6, 6.07) is 4.03. The molecule has 2 N–H and O–H groups in total. The maximum Gasteiger partial charge on any atom is 0.122 e. The summed E-state index contributed by atoms with van der Waals surface area (Å²) in [5, 5.41) is 0. The molecule has 4 heteroatoms. The predicted molar refractivity (Wildman–Crippen MR) is 71.3 cm³/mol. The second-order valence-electron chi connectivity index (χ2n) is 5.32. The van der Waals surface area contributed by atoms with Crippen LogP contribution in [-0.2, 0) is 4.74 Å². The second kappa shape index (κ2) is 6.36. The third-order valence-corrected chi connectivity index (χ3v) is 3.45. The molecule has 18 heavy (non-hydrogen) atoms. The Morgan fingerprint density at radius 3 is 2.89 bits per heavy atom. The van der Waals surface area contributed by atoms with E-state index < -0.39 is 0 Å². The number of rotatable bonds is 8. The van der Waals surface area contributed by atoms with Crippen molar-refractivity contribution in [3.8, 4) is 0 Å². The molecule has 0 bridgehead atoms. The highest BCUT2D eigenvalue weighted by Crippen LogP contribution is 2.28. The molecule has 1 heterocycles. The van der Waals surface area contributed by atoms with E-state index in [4.69, 9.17) is 14.9 Å². The third-order valence-electron chi connectivity index (χ3n) is 3.45. The molecule has 0 amide bonds. The van der Waals surface area contributed by atoms with Crippen molar-refractivity contribution >= 4 is 0 Å². The molecule has 1 fully saturated rings. The van der Waals surface area contributed by atoms with Crippen molar-refractivity contribution in [1.29, 1.82) is 0 Å². The summed E-state index contributed by atoms with van der Waals surface area (Å²) < 4.78 is 11.1. The van der Waals surface area contributed by atoms with E-state index >= 15 is 0 Å². The number of likely N-dealkylation sites (N-methyl/N-ethyl adjacent to an activating group) is 1. The van der Waals surface area contributed by atoms with E-state index in [9.17, 15) is 0 Å². The molecule has 1 saturated carbocycles. The molecule has 0 radical (unpaired) electrons. The minimum absolute atomic E-state index is 0.0320. The first-order chi connectivity index (χ1) is 8.68. The van der Waals surface area contributed by atoms with Gasteiger partial charge in [0, 0.05) is 19.2 Å². The number of hydrogen-bond donors (Lipinski definition) is 1. The number of furan rings is 1. The molecule has 0 spiro atoms. The Balaban J connectivity index is 1.77. The molecule has 2 unspecified atom stereocenters. The molecule has 102 valence electrons. The molecule has 1 aromatic heterocycles. The van der Waals surface area contributed by atoms with Crippen molar-refractivity contribution in [2.24, 2.45) is 11.7 Å². The summed E-state index contributed by atoms with van der Waals surface area (Å²) in [4.78, 5) is 2.20. The van der Waals surface area contributed by atoms with Crippen LogP contribution in [0.2, 0.25) is 0 Å². The van der Waals surface area contributed by atoms with Crippen LogP contribution in [0.15, 0.2) is 22.8 Å². The van der Waals surface area contributed by atoms with Gasteiger partial charge in [-0.15, -0.1) is 0 Å². The van der Waals surface area contributed by atoms with Gasteiger partial charge in [0.2, 0.25) is 0 Å². The molecular formula is C14H24N2O2. The average Bonchev–Trinajstić information content (AvgIpc) is 3.00. The highest BCUT2D eigenvalue weighted by Gasteiger charge is 2.24.